The van der Waals surface area contributed by atoms with E-state index >= 15 is 0 Å². The molecule has 0 saturated heterocycles. The number of carbonyl (C=O) groups excluding carboxylic acids is 1. The van der Waals surface area contributed by atoms with Crippen molar-refractivity contribution in [2.75, 3.05) is 7.05 Å². The van der Waals surface area contributed by atoms with Gasteiger partial charge in [0.25, 0.3) is 0 Å². The molecule has 0 aliphatic heterocycles. The van der Waals surface area contributed by atoms with Gasteiger partial charge in [-0.2, -0.15) is 0 Å². The molecule has 1 heterocycles. The van der Waals surface area contributed by atoms with Crippen LogP contribution in [0.5, 0.6) is 0 Å². The average Bonchev–Trinajstić information content (AvgIpc) is 2.50. The molecule has 1 amide bonds. The van der Waals surface area contributed by atoms with Crippen LogP contribution in [-0.4, -0.2) is 17.9 Å². The van der Waals surface area contributed by atoms with Gasteiger partial charge in [-0.3, -0.25) is 4.79 Å². The molecule has 0 fully saturated rings. The van der Waals surface area contributed by atoms with Crippen LogP contribution in [0.2, 0.25) is 0 Å². The van der Waals surface area contributed by atoms with Gasteiger partial charge in [0.1, 0.15) is 0 Å². The predicted octanol–water partition coefficient (Wildman–Crippen LogP) is 3.06. The quantitative estimate of drug-likeness (QED) is 0.771. The maximum atomic E-state index is 11.7. The third-order valence-corrected chi connectivity index (χ3v) is 3.37. The van der Waals surface area contributed by atoms with Gasteiger partial charge in [0.2, 0.25) is 5.91 Å². The van der Waals surface area contributed by atoms with Crippen LogP contribution in [0, 0.1) is 12.8 Å². The summed E-state index contributed by atoms with van der Waals surface area (Å²) >= 11 is 1.72. The lowest BCUT2D eigenvalue weighted by molar-refractivity contribution is -0.131. The molecule has 0 aliphatic carbocycles. The number of hydrogen-bond acceptors (Lipinski definition) is 2. The third kappa shape index (κ3) is 3.67. The fraction of sp³-hybridized carbons (Fsp3) is 0.583. The molecule has 84 valence electrons. The first-order valence-electron chi connectivity index (χ1n) is 5.27. The summed E-state index contributed by atoms with van der Waals surface area (Å²) < 4.78 is 0. The van der Waals surface area contributed by atoms with Gasteiger partial charge in [-0.25, -0.2) is 0 Å². The van der Waals surface area contributed by atoms with E-state index in [4.69, 9.17) is 0 Å². The maximum absolute atomic E-state index is 11.7. The lowest BCUT2D eigenvalue weighted by Gasteiger charge is -2.18. The molecule has 0 N–H and O–H groups in total. The minimum Gasteiger partial charge on any atom is -0.341 e. The van der Waals surface area contributed by atoms with Gasteiger partial charge in [0.05, 0.1) is 6.54 Å². The molecule has 2 nitrogen and oxygen atoms in total. The topological polar surface area (TPSA) is 20.3 Å². The van der Waals surface area contributed by atoms with E-state index in [0.717, 1.165) is 6.54 Å². The lowest BCUT2D eigenvalue weighted by Crippen LogP contribution is -2.26. The molecule has 0 unspecified atom stereocenters. The Morgan fingerprint density at radius 1 is 1.53 bits per heavy atom. The van der Waals surface area contributed by atoms with Crippen LogP contribution in [0.1, 0.15) is 30.7 Å². The van der Waals surface area contributed by atoms with Gasteiger partial charge < -0.3 is 4.90 Å². The average molecular weight is 225 g/mol. The summed E-state index contributed by atoms with van der Waals surface area (Å²) in [5.41, 5.74) is 1.28. The van der Waals surface area contributed by atoms with Crippen molar-refractivity contribution in [3.05, 3.63) is 21.9 Å². The van der Waals surface area contributed by atoms with Crippen molar-refractivity contribution in [3.8, 4) is 0 Å². The minimum atomic E-state index is 0.234. The zero-order valence-corrected chi connectivity index (χ0v) is 10.7. The van der Waals surface area contributed by atoms with E-state index in [2.05, 4.69) is 32.2 Å². The maximum Gasteiger partial charge on any atom is 0.222 e. The highest BCUT2D eigenvalue weighted by Gasteiger charge is 2.12. The van der Waals surface area contributed by atoms with Crippen LogP contribution >= 0.6 is 11.3 Å². The van der Waals surface area contributed by atoms with E-state index in [0.29, 0.717) is 12.3 Å². The Labute approximate surface area is 95.9 Å². The first-order valence-corrected chi connectivity index (χ1v) is 6.15. The molecule has 0 radical (unpaired) electrons. The number of carbonyl (C=O) groups is 1. The molecule has 0 bridgehead atoms. The highest BCUT2D eigenvalue weighted by molar-refractivity contribution is 7.10. The summed E-state index contributed by atoms with van der Waals surface area (Å²) in [6.07, 6.45) is 0.640. The molecule has 0 aromatic carbocycles. The molecular weight excluding hydrogens is 206 g/mol. The van der Waals surface area contributed by atoms with Crippen molar-refractivity contribution >= 4 is 17.2 Å². The van der Waals surface area contributed by atoms with E-state index in [9.17, 15) is 4.79 Å². The van der Waals surface area contributed by atoms with Crippen molar-refractivity contribution in [1.29, 1.82) is 0 Å². The Balaban J connectivity index is 2.52. The SMILES string of the molecule is Cc1ccsc1CN(C)C(=O)CC(C)C. The fourth-order valence-corrected chi connectivity index (χ4v) is 2.33. The first-order chi connectivity index (χ1) is 7.00. The Morgan fingerprint density at radius 2 is 2.20 bits per heavy atom. The van der Waals surface area contributed by atoms with Crippen molar-refractivity contribution in [1.82, 2.24) is 4.90 Å². The summed E-state index contributed by atoms with van der Waals surface area (Å²) in [7, 11) is 1.88. The highest BCUT2D eigenvalue weighted by Crippen LogP contribution is 2.17. The minimum absolute atomic E-state index is 0.234. The number of aryl methyl sites for hydroxylation is 1. The number of thiophene rings is 1. The Bertz CT molecular complexity index is 330. The zero-order chi connectivity index (χ0) is 11.4. The number of nitrogens with zero attached hydrogens (tertiary/aromatic N) is 1. The van der Waals surface area contributed by atoms with Crippen molar-refractivity contribution in [2.45, 2.75) is 33.7 Å². The van der Waals surface area contributed by atoms with E-state index in [-0.39, 0.29) is 5.91 Å². The largest absolute Gasteiger partial charge is 0.341 e. The van der Waals surface area contributed by atoms with E-state index in [1.165, 1.54) is 10.4 Å². The molecule has 0 atom stereocenters. The fourth-order valence-electron chi connectivity index (χ4n) is 1.37. The van der Waals surface area contributed by atoms with Crippen LogP contribution in [0.15, 0.2) is 11.4 Å². The molecule has 1 aromatic rings. The summed E-state index contributed by atoms with van der Waals surface area (Å²) in [5, 5.41) is 2.07. The molecule has 15 heavy (non-hydrogen) atoms. The normalized spacial score (nSPS) is 10.7. The van der Waals surface area contributed by atoms with E-state index in [1.807, 2.05) is 11.9 Å². The molecular formula is C12H19NOS. The smallest absolute Gasteiger partial charge is 0.222 e. The monoisotopic (exact) mass is 225 g/mol. The van der Waals surface area contributed by atoms with Gasteiger partial charge in [0, 0.05) is 18.3 Å². The van der Waals surface area contributed by atoms with Gasteiger partial charge in [0.15, 0.2) is 0 Å². The Hall–Kier alpha value is -0.830. The second-order valence-corrected chi connectivity index (χ2v) is 5.38. The van der Waals surface area contributed by atoms with Crippen LogP contribution < -0.4 is 0 Å². The van der Waals surface area contributed by atoms with Crippen LogP contribution in [0.25, 0.3) is 0 Å². The number of amides is 1. The lowest BCUT2D eigenvalue weighted by atomic mass is 10.1. The second kappa shape index (κ2) is 5.31. The van der Waals surface area contributed by atoms with Crippen molar-refractivity contribution in [2.24, 2.45) is 5.92 Å². The summed E-state index contributed by atoms with van der Waals surface area (Å²) in [4.78, 5) is 14.8. The standard InChI is InChI=1S/C12H19NOS/c1-9(2)7-12(14)13(4)8-11-10(3)5-6-15-11/h5-6,9H,7-8H2,1-4H3. The van der Waals surface area contributed by atoms with Crippen LogP contribution in [-0.2, 0) is 11.3 Å². The third-order valence-electron chi connectivity index (χ3n) is 2.36. The first kappa shape index (κ1) is 12.2. The zero-order valence-electron chi connectivity index (χ0n) is 9.91. The molecule has 1 aromatic heterocycles. The van der Waals surface area contributed by atoms with E-state index in [1.54, 1.807) is 11.3 Å². The van der Waals surface area contributed by atoms with Gasteiger partial charge in [-0.1, -0.05) is 13.8 Å². The number of rotatable bonds is 4. The predicted molar refractivity (Wildman–Crippen MR) is 65.0 cm³/mol. The van der Waals surface area contributed by atoms with Crippen molar-refractivity contribution < 1.29 is 4.79 Å². The van der Waals surface area contributed by atoms with Crippen molar-refractivity contribution in [3.63, 3.8) is 0 Å². The summed E-state index contributed by atoms with van der Waals surface area (Å²) in [6.45, 7) is 6.98. The summed E-state index contributed by atoms with van der Waals surface area (Å²) in [6, 6.07) is 2.10. The summed E-state index contributed by atoms with van der Waals surface area (Å²) in [5.74, 6) is 0.669. The van der Waals surface area contributed by atoms with Gasteiger partial charge in [-0.05, 0) is 29.9 Å². The molecule has 3 heteroatoms. The molecule has 0 spiro atoms. The van der Waals surface area contributed by atoms with Crippen LogP contribution in [0.4, 0.5) is 0 Å². The Morgan fingerprint density at radius 3 is 2.67 bits per heavy atom. The number of hydrogen-bond donors (Lipinski definition) is 0. The Kier molecular flexibility index (Phi) is 4.33. The molecule has 0 saturated carbocycles. The van der Waals surface area contributed by atoms with Gasteiger partial charge >= 0.3 is 0 Å². The second-order valence-electron chi connectivity index (χ2n) is 4.37. The molecule has 0 aliphatic rings. The molecule has 1 rings (SSSR count). The van der Waals surface area contributed by atoms with Gasteiger partial charge in [-0.15, -0.1) is 11.3 Å². The highest BCUT2D eigenvalue weighted by atomic mass is 32.1. The van der Waals surface area contributed by atoms with Crippen LogP contribution in [0.3, 0.4) is 0 Å². The van der Waals surface area contributed by atoms with E-state index < -0.39 is 0 Å².